The van der Waals surface area contributed by atoms with E-state index >= 15 is 0 Å². The van der Waals surface area contributed by atoms with E-state index in [0.29, 0.717) is 17.9 Å². The molecule has 0 radical (unpaired) electrons. The first kappa shape index (κ1) is 18.2. The van der Waals surface area contributed by atoms with E-state index in [-0.39, 0.29) is 32.1 Å². The van der Waals surface area contributed by atoms with Crippen LogP contribution in [0.15, 0.2) is 18.2 Å². The second kappa shape index (κ2) is 6.94. The highest BCUT2D eigenvalue weighted by atomic mass is 79.9. The maximum atomic E-state index is 12.5. The predicted octanol–water partition coefficient (Wildman–Crippen LogP) is 3.56. The van der Waals surface area contributed by atoms with Gasteiger partial charge in [0, 0.05) is 15.2 Å². The van der Waals surface area contributed by atoms with Crippen molar-refractivity contribution in [2.75, 3.05) is 0 Å². The van der Waals surface area contributed by atoms with E-state index in [4.69, 9.17) is 23.2 Å². The van der Waals surface area contributed by atoms with Gasteiger partial charge in [0.1, 0.15) is 0 Å². The predicted molar refractivity (Wildman–Crippen MR) is 97.4 cm³/mol. The van der Waals surface area contributed by atoms with E-state index in [0.717, 1.165) is 5.01 Å². The third kappa shape index (κ3) is 3.23. The first-order chi connectivity index (χ1) is 11.3. The summed E-state index contributed by atoms with van der Waals surface area (Å²) in [5.41, 5.74) is 2.61. The van der Waals surface area contributed by atoms with Gasteiger partial charge in [0.2, 0.25) is 0 Å². The number of alkyl halides is 2. The number of hydrazine groups is 1. The highest BCUT2D eigenvalue weighted by Gasteiger charge is 2.52. The zero-order valence-electron chi connectivity index (χ0n) is 12.1. The third-order valence-corrected chi connectivity index (χ3v) is 7.78. The highest BCUT2D eigenvalue weighted by Crippen LogP contribution is 2.42. The molecule has 1 saturated carbocycles. The Kier molecular flexibility index (Phi) is 5.25. The Bertz CT molecular complexity index is 703. The van der Waals surface area contributed by atoms with Crippen LogP contribution in [0.4, 0.5) is 0 Å². The first-order valence-corrected chi connectivity index (χ1v) is 9.80. The van der Waals surface area contributed by atoms with Crippen molar-refractivity contribution in [3.63, 3.8) is 0 Å². The van der Waals surface area contributed by atoms with Crippen molar-refractivity contribution < 1.29 is 14.4 Å². The molecule has 0 aromatic heterocycles. The summed E-state index contributed by atoms with van der Waals surface area (Å²) in [6, 6.07) is 4.35. The monoisotopic (exact) mass is 496 g/mol. The van der Waals surface area contributed by atoms with Gasteiger partial charge in [-0.15, -0.1) is 0 Å². The molecule has 1 heterocycles. The van der Waals surface area contributed by atoms with E-state index < -0.39 is 17.7 Å². The number of amides is 3. The second-order valence-corrected chi connectivity index (χ2v) is 8.96. The molecule has 3 rings (SSSR count). The average Bonchev–Trinajstić information content (AvgIpc) is 2.75. The Hall–Kier alpha value is -0.630. The molecule has 1 N–H and O–H groups in total. The molecule has 24 heavy (non-hydrogen) atoms. The average molecular weight is 499 g/mol. The Morgan fingerprint density at radius 3 is 2.08 bits per heavy atom. The molecule has 3 amide bonds. The molecule has 0 bridgehead atoms. The van der Waals surface area contributed by atoms with Crippen LogP contribution in [0.3, 0.4) is 0 Å². The number of rotatable bonds is 2. The minimum Gasteiger partial charge on any atom is -0.272 e. The molecule has 1 saturated heterocycles. The summed E-state index contributed by atoms with van der Waals surface area (Å²) in [6.07, 6.45) is 1.09. The van der Waals surface area contributed by atoms with Crippen molar-refractivity contribution in [1.82, 2.24) is 10.4 Å². The molecular formula is C15H12Br2Cl2N2O3. The normalized spacial score (nSPS) is 29.6. The number of hydrogen-bond donors (Lipinski definition) is 1. The van der Waals surface area contributed by atoms with E-state index in [1.54, 1.807) is 0 Å². The maximum absolute atomic E-state index is 12.5. The van der Waals surface area contributed by atoms with Gasteiger partial charge in [0.15, 0.2) is 0 Å². The Morgan fingerprint density at radius 2 is 1.58 bits per heavy atom. The van der Waals surface area contributed by atoms with Crippen molar-refractivity contribution in [3.05, 3.63) is 33.8 Å². The van der Waals surface area contributed by atoms with Crippen molar-refractivity contribution in [3.8, 4) is 0 Å². The van der Waals surface area contributed by atoms with Gasteiger partial charge >= 0.3 is 0 Å². The molecule has 1 aromatic carbocycles. The van der Waals surface area contributed by atoms with Crippen LogP contribution in [0.5, 0.6) is 0 Å². The van der Waals surface area contributed by atoms with Crippen LogP contribution in [0.1, 0.15) is 23.2 Å². The summed E-state index contributed by atoms with van der Waals surface area (Å²) in [7, 11) is 0. The fourth-order valence-electron chi connectivity index (χ4n) is 3.01. The molecule has 4 atom stereocenters. The van der Waals surface area contributed by atoms with Crippen LogP contribution >= 0.6 is 55.1 Å². The van der Waals surface area contributed by atoms with Crippen LogP contribution in [0.25, 0.3) is 0 Å². The molecule has 9 heteroatoms. The molecule has 5 nitrogen and oxygen atoms in total. The summed E-state index contributed by atoms with van der Waals surface area (Å²) in [6.45, 7) is 0. The summed E-state index contributed by atoms with van der Waals surface area (Å²) < 4.78 is 0. The van der Waals surface area contributed by atoms with Gasteiger partial charge in [0.25, 0.3) is 17.7 Å². The summed E-state index contributed by atoms with van der Waals surface area (Å²) in [4.78, 5) is 37.5. The van der Waals surface area contributed by atoms with Crippen molar-refractivity contribution in [2.24, 2.45) is 11.8 Å². The lowest BCUT2D eigenvalue weighted by atomic mass is 9.81. The zero-order chi connectivity index (χ0) is 17.6. The number of fused-ring (bicyclic) bond motifs is 1. The highest BCUT2D eigenvalue weighted by molar-refractivity contribution is 9.12. The van der Waals surface area contributed by atoms with E-state index in [1.165, 1.54) is 18.2 Å². The molecule has 2 aliphatic rings. The number of nitrogens with one attached hydrogen (secondary N) is 1. The van der Waals surface area contributed by atoms with Gasteiger partial charge in [-0.3, -0.25) is 19.8 Å². The maximum Gasteiger partial charge on any atom is 0.270 e. The minimum absolute atomic E-state index is 0.112. The zero-order valence-corrected chi connectivity index (χ0v) is 16.8. The molecular weight excluding hydrogens is 487 g/mol. The molecule has 128 valence electrons. The molecule has 2 fully saturated rings. The SMILES string of the molecule is O=C(NN1C(=O)[C@@H]2C[C@H](Br)[C@@H](Br)C[C@H]2C1=O)c1ccc(Cl)c(Cl)c1. The Balaban J connectivity index is 1.77. The molecule has 0 spiro atoms. The van der Waals surface area contributed by atoms with Crippen LogP contribution in [0, 0.1) is 11.8 Å². The van der Waals surface area contributed by atoms with E-state index in [9.17, 15) is 14.4 Å². The van der Waals surface area contributed by atoms with Gasteiger partial charge in [-0.2, -0.15) is 5.01 Å². The molecule has 1 aromatic rings. The Morgan fingerprint density at radius 1 is 1.04 bits per heavy atom. The number of benzene rings is 1. The summed E-state index contributed by atoms with van der Waals surface area (Å²) >= 11 is 18.7. The van der Waals surface area contributed by atoms with Gasteiger partial charge in [0.05, 0.1) is 21.9 Å². The van der Waals surface area contributed by atoms with Crippen molar-refractivity contribution in [2.45, 2.75) is 22.5 Å². The van der Waals surface area contributed by atoms with Gasteiger partial charge in [-0.25, -0.2) is 0 Å². The lowest BCUT2D eigenvalue weighted by Crippen LogP contribution is -2.46. The third-order valence-electron chi connectivity index (χ3n) is 4.31. The van der Waals surface area contributed by atoms with E-state index in [1.807, 2.05) is 0 Å². The van der Waals surface area contributed by atoms with Crippen molar-refractivity contribution >= 4 is 72.8 Å². The van der Waals surface area contributed by atoms with E-state index in [2.05, 4.69) is 37.3 Å². The summed E-state index contributed by atoms with van der Waals surface area (Å²) in [5, 5.41) is 1.38. The lowest BCUT2D eigenvalue weighted by Gasteiger charge is -2.29. The number of nitrogens with zero attached hydrogens (tertiary/aromatic N) is 1. The lowest BCUT2D eigenvalue weighted by molar-refractivity contribution is -0.142. The molecule has 0 unspecified atom stereocenters. The largest absolute Gasteiger partial charge is 0.272 e. The smallest absolute Gasteiger partial charge is 0.270 e. The van der Waals surface area contributed by atoms with Gasteiger partial charge in [-0.1, -0.05) is 55.1 Å². The van der Waals surface area contributed by atoms with Crippen LogP contribution in [-0.2, 0) is 9.59 Å². The molecule has 1 aliphatic carbocycles. The first-order valence-electron chi connectivity index (χ1n) is 7.21. The number of halogens is 4. The fourth-order valence-corrected chi connectivity index (χ4v) is 4.54. The van der Waals surface area contributed by atoms with Crippen molar-refractivity contribution in [1.29, 1.82) is 0 Å². The standard InChI is InChI=1S/C15H12Br2Cl2N2O3/c16-9-4-7-8(5-10(9)17)15(24)21(14(7)23)20-13(22)6-1-2-11(18)12(19)3-6/h1-3,7-10H,4-5H2,(H,20,22)/t7-,8-,9+,10+/m1/s1. The topological polar surface area (TPSA) is 66.5 Å². The minimum atomic E-state index is -0.584. The number of carbonyl (C=O) groups excluding carboxylic acids is 3. The second-order valence-electron chi connectivity index (χ2n) is 5.80. The number of imide groups is 1. The van der Waals surface area contributed by atoms with Gasteiger partial charge < -0.3 is 0 Å². The van der Waals surface area contributed by atoms with Crippen LogP contribution in [0.2, 0.25) is 10.0 Å². The number of hydrogen-bond acceptors (Lipinski definition) is 3. The summed E-state index contributed by atoms with van der Waals surface area (Å²) in [5.74, 6) is -2.15. The fraction of sp³-hybridized carbons (Fsp3) is 0.400. The quantitative estimate of drug-likeness (QED) is 0.501. The van der Waals surface area contributed by atoms with Crippen LogP contribution in [-0.4, -0.2) is 32.4 Å². The van der Waals surface area contributed by atoms with Crippen LogP contribution < -0.4 is 5.43 Å². The number of carbonyl (C=O) groups is 3. The van der Waals surface area contributed by atoms with Gasteiger partial charge in [-0.05, 0) is 31.0 Å². The molecule has 1 aliphatic heterocycles. The Labute approximate surface area is 165 Å².